The third-order valence-electron chi connectivity index (χ3n) is 2.92. The molecule has 0 bridgehead atoms. The summed E-state index contributed by atoms with van der Waals surface area (Å²) in [6.45, 7) is 5.40. The van der Waals surface area contributed by atoms with E-state index in [0.717, 1.165) is 25.7 Å². The van der Waals surface area contributed by atoms with Gasteiger partial charge in [0.25, 0.3) is 0 Å². The summed E-state index contributed by atoms with van der Waals surface area (Å²) in [7, 11) is 0. The first-order valence-corrected chi connectivity index (χ1v) is 5.97. The number of nitrogens with two attached hydrogens (primary N) is 1. The van der Waals surface area contributed by atoms with Gasteiger partial charge in [0.15, 0.2) is 0 Å². The normalized spacial score (nSPS) is 24.3. The molecule has 1 fully saturated rings. The van der Waals surface area contributed by atoms with Crippen LogP contribution >= 0.6 is 0 Å². The molecule has 0 saturated heterocycles. The molecule has 16 heavy (non-hydrogen) atoms. The molecule has 0 aliphatic heterocycles. The number of ether oxygens (including phenoxy) is 1. The first kappa shape index (κ1) is 13.2. The van der Waals surface area contributed by atoms with Crippen molar-refractivity contribution in [2.75, 3.05) is 19.8 Å². The van der Waals surface area contributed by atoms with Gasteiger partial charge in [0.05, 0.1) is 19.1 Å². The van der Waals surface area contributed by atoms with Crippen molar-refractivity contribution in [2.24, 2.45) is 11.7 Å². The van der Waals surface area contributed by atoms with Gasteiger partial charge in [-0.25, -0.2) is 0 Å². The van der Waals surface area contributed by atoms with Gasteiger partial charge in [0.1, 0.15) is 0 Å². The number of rotatable bonds is 7. The second-order valence-electron chi connectivity index (χ2n) is 4.18. The molecule has 1 rings (SSSR count). The molecule has 92 valence electrons. The molecule has 3 N–H and O–H groups in total. The summed E-state index contributed by atoms with van der Waals surface area (Å²) in [6.07, 6.45) is 5.62. The quantitative estimate of drug-likeness (QED) is 0.499. The van der Waals surface area contributed by atoms with E-state index >= 15 is 0 Å². The maximum atomic E-state index is 11.7. The van der Waals surface area contributed by atoms with E-state index < -0.39 is 0 Å². The van der Waals surface area contributed by atoms with Crippen molar-refractivity contribution in [2.45, 2.75) is 31.7 Å². The minimum atomic E-state index is 0.00757. The molecular formula is C12H22N2O2. The predicted molar refractivity (Wildman–Crippen MR) is 64.0 cm³/mol. The highest BCUT2D eigenvalue weighted by atomic mass is 16.5. The van der Waals surface area contributed by atoms with Crippen molar-refractivity contribution < 1.29 is 9.53 Å². The Hall–Kier alpha value is -0.870. The van der Waals surface area contributed by atoms with Crippen LogP contribution in [0.25, 0.3) is 0 Å². The van der Waals surface area contributed by atoms with E-state index in [1.807, 2.05) is 6.08 Å². The fourth-order valence-corrected chi connectivity index (χ4v) is 1.96. The molecule has 1 saturated carbocycles. The van der Waals surface area contributed by atoms with Crippen LogP contribution in [0, 0.1) is 5.92 Å². The lowest BCUT2D eigenvalue weighted by Crippen LogP contribution is -2.39. The zero-order chi connectivity index (χ0) is 11.8. The second-order valence-corrected chi connectivity index (χ2v) is 4.18. The van der Waals surface area contributed by atoms with Crippen LogP contribution in [0.2, 0.25) is 0 Å². The molecule has 4 nitrogen and oxygen atoms in total. The van der Waals surface area contributed by atoms with E-state index in [2.05, 4.69) is 11.9 Å². The van der Waals surface area contributed by atoms with Gasteiger partial charge in [-0.15, -0.1) is 6.58 Å². The molecule has 0 spiro atoms. The molecule has 0 radical (unpaired) electrons. The molecular weight excluding hydrogens is 204 g/mol. The lowest BCUT2D eigenvalue weighted by atomic mass is 10.0. The molecule has 0 aromatic rings. The maximum Gasteiger partial charge on any atom is 0.224 e. The first-order valence-electron chi connectivity index (χ1n) is 5.97. The molecule has 1 aliphatic carbocycles. The average Bonchev–Trinajstić information content (AvgIpc) is 2.69. The van der Waals surface area contributed by atoms with E-state index in [9.17, 15) is 4.79 Å². The maximum absolute atomic E-state index is 11.7. The summed E-state index contributed by atoms with van der Waals surface area (Å²) in [5.41, 5.74) is 5.85. The van der Waals surface area contributed by atoms with Crippen molar-refractivity contribution in [3.05, 3.63) is 12.7 Å². The van der Waals surface area contributed by atoms with Gasteiger partial charge in [-0.1, -0.05) is 12.5 Å². The fraction of sp³-hybridized carbons (Fsp3) is 0.750. The van der Waals surface area contributed by atoms with Crippen molar-refractivity contribution in [1.82, 2.24) is 5.32 Å². The van der Waals surface area contributed by atoms with E-state index in [-0.39, 0.29) is 17.9 Å². The third-order valence-corrected chi connectivity index (χ3v) is 2.92. The topological polar surface area (TPSA) is 64.3 Å². The highest BCUT2D eigenvalue weighted by Crippen LogP contribution is 2.23. The van der Waals surface area contributed by atoms with Crippen LogP contribution in [0.5, 0.6) is 0 Å². The Bertz CT molecular complexity index is 231. The lowest BCUT2D eigenvalue weighted by Gasteiger charge is -2.14. The van der Waals surface area contributed by atoms with Crippen LogP contribution in [0.15, 0.2) is 12.7 Å². The van der Waals surface area contributed by atoms with Gasteiger partial charge in [0, 0.05) is 12.6 Å². The molecule has 4 heteroatoms. The minimum Gasteiger partial charge on any atom is -0.379 e. The average molecular weight is 226 g/mol. The zero-order valence-corrected chi connectivity index (χ0v) is 9.78. The standard InChI is InChI=1S/C12H22N2O2/c1-2-3-8-16-9-7-14-12(15)10-5-4-6-11(10)13/h2,10-11H,1,3-9,13H2,(H,14,15). The van der Waals surface area contributed by atoms with Crippen LogP contribution in [-0.2, 0) is 9.53 Å². The van der Waals surface area contributed by atoms with E-state index in [1.54, 1.807) is 0 Å². The highest BCUT2D eigenvalue weighted by Gasteiger charge is 2.29. The second kappa shape index (κ2) is 7.41. The number of carbonyl (C=O) groups excluding carboxylic acids is 1. The molecule has 1 aliphatic rings. The van der Waals surface area contributed by atoms with Crippen LogP contribution in [0.1, 0.15) is 25.7 Å². The summed E-state index contributed by atoms with van der Waals surface area (Å²) in [5.74, 6) is 0.0884. The molecule has 0 aromatic carbocycles. The van der Waals surface area contributed by atoms with E-state index in [0.29, 0.717) is 19.8 Å². The van der Waals surface area contributed by atoms with Gasteiger partial charge in [-0.05, 0) is 19.3 Å². The van der Waals surface area contributed by atoms with E-state index in [4.69, 9.17) is 10.5 Å². The summed E-state index contributed by atoms with van der Waals surface area (Å²) in [5, 5.41) is 2.86. The summed E-state index contributed by atoms with van der Waals surface area (Å²) < 4.78 is 5.30. The molecule has 0 heterocycles. The molecule has 2 unspecified atom stereocenters. The zero-order valence-electron chi connectivity index (χ0n) is 9.78. The van der Waals surface area contributed by atoms with Crippen molar-refractivity contribution in [1.29, 1.82) is 0 Å². The molecule has 0 aromatic heterocycles. The van der Waals surface area contributed by atoms with Gasteiger partial charge in [-0.2, -0.15) is 0 Å². The SMILES string of the molecule is C=CCCOCCNC(=O)C1CCCC1N. The Morgan fingerprint density at radius 1 is 1.50 bits per heavy atom. The summed E-state index contributed by atoms with van der Waals surface area (Å²) in [4.78, 5) is 11.7. The third kappa shape index (κ3) is 4.33. The largest absolute Gasteiger partial charge is 0.379 e. The van der Waals surface area contributed by atoms with Crippen molar-refractivity contribution >= 4 is 5.91 Å². The number of carbonyl (C=O) groups is 1. The lowest BCUT2D eigenvalue weighted by molar-refractivity contribution is -0.125. The fourth-order valence-electron chi connectivity index (χ4n) is 1.96. The van der Waals surface area contributed by atoms with Crippen LogP contribution < -0.4 is 11.1 Å². The monoisotopic (exact) mass is 226 g/mol. The smallest absolute Gasteiger partial charge is 0.224 e. The molecule has 1 amide bonds. The first-order chi connectivity index (χ1) is 7.75. The highest BCUT2D eigenvalue weighted by molar-refractivity contribution is 5.79. The minimum absolute atomic E-state index is 0.00757. The van der Waals surface area contributed by atoms with Crippen molar-refractivity contribution in [3.63, 3.8) is 0 Å². The van der Waals surface area contributed by atoms with Crippen LogP contribution in [0.4, 0.5) is 0 Å². The Kier molecular flexibility index (Phi) is 6.11. The Balaban J connectivity index is 2.04. The number of nitrogens with one attached hydrogen (secondary N) is 1. The summed E-state index contributed by atoms with van der Waals surface area (Å²) in [6, 6.07) is 0.0432. The Morgan fingerprint density at radius 3 is 2.94 bits per heavy atom. The van der Waals surface area contributed by atoms with Gasteiger partial charge < -0.3 is 15.8 Å². The molecule has 2 atom stereocenters. The number of hydrogen-bond donors (Lipinski definition) is 2. The van der Waals surface area contributed by atoms with Crippen LogP contribution in [0.3, 0.4) is 0 Å². The van der Waals surface area contributed by atoms with E-state index in [1.165, 1.54) is 0 Å². The van der Waals surface area contributed by atoms with Crippen LogP contribution in [-0.4, -0.2) is 31.7 Å². The van der Waals surface area contributed by atoms with Gasteiger partial charge in [0.2, 0.25) is 5.91 Å². The van der Waals surface area contributed by atoms with Crippen molar-refractivity contribution in [3.8, 4) is 0 Å². The summed E-state index contributed by atoms with van der Waals surface area (Å²) >= 11 is 0. The number of hydrogen-bond acceptors (Lipinski definition) is 3. The van der Waals surface area contributed by atoms with Gasteiger partial charge in [-0.3, -0.25) is 4.79 Å². The Labute approximate surface area is 97.2 Å². The Morgan fingerprint density at radius 2 is 2.31 bits per heavy atom. The van der Waals surface area contributed by atoms with Gasteiger partial charge >= 0.3 is 0 Å². The predicted octanol–water partition coefficient (Wildman–Crippen LogP) is 0.823. The number of amides is 1.